The van der Waals surface area contributed by atoms with Crippen molar-refractivity contribution < 1.29 is 37.0 Å². The van der Waals surface area contributed by atoms with Gasteiger partial charge in [-0.05, 0) is 64.1 Å². The summed E-state index contributed by atoms with van der Waals surface area (Å²) in [4.78, 5) is 38.3. The van der Waals surface area contributed by atoms with E-state index < -0.39 is 35.3 Å². The largest absolute Gasteiger partial charge is 0.495 e. The molecular formula is C21H15BrClF3N2O5S. The third-order valence-electron chi connectivity index (χ3n) is 4.50. The van der Waals surface area contributed by atoms with Gasteiger partial charge < -0.3 is 14.8 Å². The molecule has 0 atom stereocenters. The van der Waals surface area contributed by atoms with Crippen LogP contribution in [0.25, 0.3) is 6.08 Å². The summed E-state index contributed by atoms with van der Waals surface area (Å²) in [6.07, 6.45) is -3.24. The van der Waals surface area contributed by atoms with Crippen LogP contribution >= 0.6 is 39.3 Å². The smallest absolute Gasteiger partial charge is 0.416 e. The standard InChI is InChI=1S/C21H15BrClF3N2O5S/c1-32-15-4-3-11(21(24,25)26)7-14(15)27-17(29)9-28-19(30)16(34-20(28)31)6-10-5-12(23)8-13(22)18(10)33-2/h3-8H,9H2,1-2H3,(H,27,29)/b16-6-. The molecule has 3 rings (SSSR count). The normalized spacial score (nSPS) is 15.1. The van der Waals surface area contributed by atoms with Gasteiger partial charge in [0, 0.05) is 10.6 Å². The minimum atomic E-state index is -4.64. The molecule has 3 amide bonds. The summed E-state index contributed by atoms with van der Waals surface area (Å²) in [5.74, 6) is -1.27. The predicted molar refractivity (Wildman–Crippen MR) is 125 cm³/mol. The monoisotopic (exact) mass is 578 g/mol. The molecule has 1 N–H and O–H groups in total. The number of rotatable bonds is 6. The molecule has 13 heteroatoms. The molecule has 1 heterocycles. The van der Waals surface area contributed by atoms with E-state index in [1.54, 1.807) is 6.07 Å². The van der Waals surface area contributed by atoms with Crippen LogP contribution in [0.4, 0.5) is 23.7 Å². The number of anilines is 1. The van der Waals surface area contributed by atoms with E-state index in [9.17, 15) is 27.6 Å². The first-order chi connectivity index (χ1) is 15.9. The Morgan fingerprint density at radius 1 is 1.21 bits per heavy atom. The lowest BCUT2D eigenvalue weighted by Crippen LogP contribution is -2.36. The summed E-state index contributed by atoms with van der Waals surface area (Å²) in [5, 5.41) is 1.89. The molecular weight excluding hydrogens is 565 g/mol. The summed E-state index contributed by atoms with van der Waals surface area (Å²) < 4.78 is 49.9. The lowest BCUT2D eigenvalue weighted by atomic mass is 10.1. The highest BCUT2D eigenvalue weighted by Crippen LogP contribution is 2.38. The number of carbonyl (C=O) groups excluding carboxylic acids is 3. The van der Waals surface area contributed by atoms with Crippen LogP contribution in [-0.4, -0.2) is 42.7 Å². The molecule has 180 valence electrons. The van der Waals surface area contributed by atoms with Crippen LogP contribution < -0.4 is 14.8 Å². The van der Waals surface area contributed by atoms with E-state index in [1.807, 2.05) is 0 Å². The van der Waals surface area contributed by atoms with Gasteiger partial charge in [-0.1, -0.05) is 11.6 Å². The van der Waals surface area contributed by atoms with E-state index in [0.29, 0.717) is 43.5 Å². The molecule has 7 nitrogen and oxygen atoms in total. The Morgan fingerprint density at radius 2 is 1.91 bits per heavy atom. The lowest BCUT2D eigenvalue weighted by Gasteiger charge is -2.16. The molecule has 0 saturated carbocycles. The Balaban J connectivity index is 1.81. The fourth-order valence-electron chi connectivity index (χ4n) is 3.00. The van der Waals surface area contributed by atoms with Crippen molar-refractivity contribution in [3.05, 3.63) is 55.9 Å². The first-order valence-electron chi connectivity index (χ1n) is 9.28. The molecule has 1 fully saturated rings. The van der Waals surface area contributed by atoms with Gasteiger partial charge in [-0.15, -0.1) is 0 Å². The molecule has 2 aromatic rings. The van der Waals surface area contributed by atoms with E-state index >= 15 is 0 Å². The van der Waals surface area contributed by atoms with Gasteiger partial charge in [0.25, 0.3) is 11.1 Å². The average Bonchev–Trinajstić information content (AvgIpc) is 3.00. The lowest BCUT2D eigenvalue weighted by molar-refractivity contribution is -0.137. The number of amides is 3. The number of nitrogens with zero attached hydrogens (tertiary/aromatic N) is 1. The number of hydrogen-bond donors (Lipinski definition) is 1. The summed E-state index contributed by atoms with van der Waals surface area (Å²) in [6.45, 7) is -0.711. The highest BCUT2D eigenvalue weighted by Gasteiger charge is 2.37. The van der Waals surface area contributed by atoms with Gasteiger partial charge in [0.05, 0.1) is 34.8 Å². The van der Waals surface area contributed by atoms with Crippen molar-refractivity contribution >= 4 is 68.1 Å². The fourth-order valence-corrected chi connectivity index (χ4v) is 4.82. The second kappa shape index (κ2) is 10.3. The zero-order chi connectivity index (χ0) is 25.2. The van der Waals surface area contributed by atoms with Gasteiger partial charge in [0.15, 0.2) is 0 Å². The van der Waals surface area contributed by atoms with E-state index in [-0.39, 0.29) is 16.3 Å². The van der Waals surface area contributed by atoms with Crippen LogP contribution in [-0.2, 0) is 15.8 Å². The maximum Gasteiger partial charge on any atom is 0.416 e. The van der Waals surface area contributed by atoms with Crippen molar-refractivity contribution in [2.45, 2.75) is 6.18 Å². The molecule has 1 aliphatic heterocycles. The number of nitrogens with one attached hydrogen (secondary N) is 1. The van der Waals surface area contributed by atoms with Gasteiger partial charge in [0.2, 0.25) is 5.91 Å². The highest BCUT2D eigenvalue weighted by molar-refractivity contribution is 9.10. The average molecular weight is 580 g/mol. The molecule has 0 radical (unpaired) electrons. The molecule has 0 bridgehead atoms. The molecule has 0 aliphatic carbocycles. The summed E-state index contributed by atoms with van der Waals surface area (Å²) in [7, 11) is 2.64. The Hall–Kier alpha value is -2.70. The Kier molecular flexibility index (Phi) is 7.84. The van der Waals surface area contributed by atoms with Gasteiger partial charge in [-0.3, -0.25) is 19.3 Å². The Morgan fingerprint density at radius 3 is 2.53 bits per heavy atom. The Bertz CT molecular complexity index is 1210. The van der Waals surface area contributed by atoms with Crippen LogP contribution in [0.5, 0.6) is 11.5 Å². The molecule has 0 aromatic heterocycles. The minimum Gasteiger partial charge on any atom is -0.495 e. The number of ether oxygens (including phenoxy) is 2. The first-order valence-corrected chi connectivity index (χ1v) is 11.3. The third kappa shape index (κ3) is 5.68. The van der Waals surface area contributed by atoms with E-state index in [4.69, 9.17) is 21.1 Å². The number of thioether (sulfide) groups is 1. The van der Waals surface area contributed by atoms with Crippen LogP contribution in [0.2, 0.25) is 5.02 Å². The number of methoxy groups -OCH3 is 2. The number of hydrogen-bond acceptors (Lipinski definition) is 6. The molecule has 0 unspecified atom stereocenters. The zero-order valence-electron chi connectivity index (χ0n) is 17.5. The summed E-state index contributed by atoms with van der Waals surface area (Å²) in [5.41, 5.74) is -0.830. The van der Waals surface area contributed by atoms with Crippen molar-refractivity contribution in [2.75, 3.05) is 26.1 Å². The molecule has 1 saturated heterocycles. The first kappa shape index (κ1) is 25.9. The fraction of sp³-hybridized carbons (Fsp3) is 0.190. The quantitative estimate of drug-likeness (QED) is 0.435. The summed E-state index contributed by atoms with van der Waals surface area (Å²) >= 11 is 9.95. The van der Waals surface area contributed by atoms with Crippen LogP contribution in [0, 0.1) is 0 Å². The highest BCUT2D eigenvalue weighted by atomic mass is 79.9. The van der Waals surface area contributed by atoms with Gasteiger partial charge in [-0.25, -0.2) is 0 Å². The van der Waals surface area contributed by atoms with Crippen molar-refractivity contribution in [1.29, 1.82) is 0 Å². The molecule has 0 spiro atoms. The van der Waals surface area contributed by atoms with Gasteiger partial charge in [0.1, 0.15) is 18.0 Å². The van der Waals surface area contributed by atoms with Crippen molar-refractivity contribution in [1.82, 2.24) is 4.90 Å². The zero-order valence-corrected chi connectivity index (χ0v) is 20.6. The maximum absolute atomic E-state index is 13.0. The molecule has 2 aromatic carbocycles. The maximum atomic E-state index is 13.0. The number of alkyl halides is 3. The second-order valence-electron chi connectivity index (χ2n) is 6.74. The SMILES string of the molecule is COc1ccc(C(F)(F)F)cc1NC(=O)CN1C(=O)S/C(=C\c2cc(Cl)cc(Br)c2OC)C1=O. The van der Waals surface area contributed by atoms with Crippen molar-refractivity contribution in [2.24, 2.45) is 0 Å². The van der Waals surface area contributed by atoms with Crippen LogP contribution in [0.3, 0.4) is 0 Å². The topological polar surface area (TPSA) is 84.9 Å². The predicted octanol–water partition coefficient (Wildman–Crippen LogP) is 5.81. The number of imide groups is 1. The molecule has 34 heavy (non-hydrogen) atoms. The number of carbonyl (C=O) groups is 3. The van der Waals surface area contributed by atoms with Crippen LogP contribution in [0.1, 0.15) is 11.1 Å². The second-order valence-corrected chi connectivity index (χ2v) is 9.02. The number of halogens is 5. The van der Waals surface area contributed by atoms with E-state index in [2.05, 4.69) is 21.2 Å². The van der Waals surface area contributed by atoms with Crippen molar-refractivity contribution in [3.8, 4) is 11.5 Å². The van der Waals surface area contributed by atoms with Crippen molar-refractivity contribution in [3.63, 3.8) is 0 Å². The van der Waals surface area contributed by atoms with Gasteiger partial charge in [-0.2, -0.15) is 13.2 Å². The summed E-state index contributed by atoms with van der Waals surface area (Å²) in [6, 6.07) is 5.69. The molecule has 1 aliphatic rings. The Labute approximate surface area is 209 Å². The van der Waals surface area contributed by atoms with Crippen LogP contribution in [0.15, 0.2) is 39.7 Å². The van der Waals surface area contributed by atoms with E-state index in [1.165, 1.54) is 26.4 Å². The third-order valence-corrected chi connectivity index (χ3v) is 6.22. The van der Waals surface area contributed by atoms with Gasteiger partial charge >= 0.3 is 6.18 Å². The number of benzene rings is 2. The van der Waals surface area contributed by atoms with E-state index in [0.717, 1.165) is 12.1 Å². The minimum absolute atomic E-state index is 0.0157.